The van der Waals surface area contributed by atoms with Gasteiger partial charge >= 0.3 is 0 Å². The number of aromatic nitrogens is 4. The fourth-order valence-corrected chi connectivity index (χ4v) is 3.98. The Balaban J connectivity index is 1.58. The molecule has 0 fully saturated rings. The molecule has 4 rings (SSSR count). The van der Waals surface area contributed by atoms with Crippen LogP contribution in [0.1, 0.15) is 11.1 Å². The van der Waals surface area contributed by atoms with Crippen molar-refractivity contribution in [2.24, 2.45) is 0 Å². The first kappa shape index (κ1) is 20.7. The number of carbonyl (C=O) groups is 1. The molecule has 0 aliphatic heterocycles. The van der Waals surface area contributed by atoms with Gasteiger partial charge in [0.2, 0.25) is 11.9 Å². The molecule has 4 aromatic rings. The number of aryl methyl sites for hydroxylation is 2. The summed E-state index contributed by atoms with van der Waals surface area (Å²) in [5.41, 5.74) is 3.87. The molecule has 1 amide bonds. The number of thioether (sulfide) groups is 1. The van der Waals surface area contributed by atoms with Crippen molar-refractivity contribution in [2.75, 3.05) is 18.2 Å². The summed E-state index contributed by atoms with van der Waals surface area (Å²) in [4.78, 5) is 12.6. The van der Waals surface area contributed by atoms with Gasteiger partial charge in [0, 0.05) is 24.1 Å². The fraction of sp³-hybridized carbons (Fsp3) is 0.174. The molecule has 0 aliphatic rings. The van der Waals surface area contributed by atoms with Crippen LogP contribution in [0.3, 0.4) is 0 Å². The van der Waals surface area contributed by atoms with Gasteiger partial charge in [-0.3, -0.25) is 13.9 Å². The van der Waals surface area contributed by atoms with Crippen LogP contribution in [-0.2, 0) is 4.79 Å². The topological polar surface area (TPSA) is 74.0 Å². The van der Waals surface area contributed by atoms with Gasteiger partial charge in [-0.1, -0.05) is 35.5 Å². The molecule has 1 N–H and O–H groups in total. The van der Waals surface area contributed by atoms with Crippen LogP contribution in [0.15, 0.2) is 72.1 Å². The Kier molecular flexibility index (Phi) is 6.08. The molecule has 0 saturated heterocycles. The van der Waals surface area contributed by atoms with E-state index in [0.717, 1.165) is 28.3 Å². The van der Waals surface area contributed by atoms with E-state index in [1.165, 1.54) is 11.8 Å². The van der Waals surface area contributed by atoms with Gasteiger partial charge in [-0.05, 0) is 49.7 Å². The highest BCUT2D eigenvalue weighted by molar-refractivity contribution is 7.99. The Hall–Kier alpha value is -3.52. The zero-order valence-electron chi connectivity index (χ0n) is 17.6. The number of anilines is 1. The lowest BCUT2D eigenvalue weighted by Gasteiger charge is -2.12. The van der Waals surface area contributed by atoms with Gasteiger partial charge < -0.3 is 10.1 Å². The molecule has 0 spiro atoms. The predicted molar refractivity (Wildman–Crippen MR) is 123 cm³/mol. The van der Waals surface area contributed by atoms with Crippen LogP contribution in [0.2, 0.25) is 0 Å². The summed E-state index contributed by atoms with van der Waals surface area (Å²) in [6.45, 7) is 4.01. The molecule has 0 atom stereocenters. The van der Waals surface area contributed by atoms with Gasteiger partial charge in [-0.15, -0.1) is 10.2 Å². The Morgan fingerprint density at radius 2 is 1.87 bits per heavy atom. The van der Waals surface area contributed by atoms with Gasteiger partial charge in [0.05, 0.1) is 18.6 Å². The van der Waals surface area contributed by atoms with E-state index >= 15 is 0 Å². The molecule has 0 saturated carbocycles. The number of methoxy groups -OCH3 is 1. The molecule has 0 radical (unpaired) electrons. The van der Waals surface area contributed by atoms with Gasteiger partial charge in [-0.25, -0.2) is 0 Å². The Morgan fingerprint density at radius 1 is 1.06 bits per heavy atom. The number of nitrogens with one attached hydrogen (secondary N) is 1. The summed E-state index contributed by atoms with van der Waals surface area (Å²) in [7, 11) is 1.63. The summed E-state index contributed by atoms with van der Waals surface area (Å²) >= 11 is 1.33. The number of rotatable bonds is 7. The first-order valence-electron chi connectivity index (χ1n) is 9.78. The average molecular weight is 434 g/mol. The number of carbonyl (C=O) groups excluding carboxylic acids is 1. The standard InChI is InChI=1S/C23H23N5O2S/c1-16-9-10-20(17(2)13-16)24-21(29)15-31-23-26-25-22(27-11-4-5-12-27)28(23)18-7-6-8-19(14-18)30-3/h4-14H,15H2,1-3H3,(H,24,29). The second-order valence-corrected chi connectivity index (χ2v) is 8.01. The van der Waals surface area contributed by atoms with E-state index in [-0.39, 0.29) is 11.7 Å². The minimum atomic E-state index is -0.0975. The van der Waals surface area contributed by atoms with E-state index in [0.29, 0.717) is 11.1 Å². The van der Waals surface area contributed by atoms with E-state index in [4.69, 9.17) is 4.74 Å². The van der Waals surface area contributed by atoms with Crippen LogP contribution in [0, 0.1) is 13.8 Å². The molecular weight excluding hydrogens is 410 g/mol. The minimum absolute atomic E-state index is 0.0975. The maximum atomic E-state index is 12.6. The van der Waals surface area contributed by atoms with Crippen molar-refractivity contribution in [2.45, 2.75) is 19.0 Å². The molecule has 0 aliphatic carbocycles. The van der Waals surface area contributed by atoms with E-state index in [1.54, 1.807) is 7.11 Å². The van der Waals surface area contributed by atoms with Gasteiger partial charge in [-0.2, -0.15) is 0 Å². The third kappa shape index (κ3) is 4.64. The van der Waals surface area contributed by atoms with E-state index in [1.807, 2.05) is 90.0 Å². The Bertz CT molecular complexity index is 1200. The second kappa shape index (κ2) is 9.09. The lowest BCUT2D eigenvalue weighted by Crippen LogP contribution is -2.15. The van der Waals surface area contributed by atoms with Crippen LogP contribution in [-0.4, -0.2) is 38.1 Å². The molecular formula is C23H23N5O2S. The van der Waals surface area contributed by atoms with Crippen molar-refractivity contribution in [3.05, 3.63) is 78.1 Å². The van der Waals surface area contributed by atoms with E-state index in [9.17, 15) is 4.79 Å². The third-order valence-corrected chi connectivity index (χ3v) is 5.68. The number of benzene rings is 2. The van der Waals surface area contributed by atoms with Crippen molar-refractivity contribution in [1.82, 2.24) is 19.3 Å². The molecule has 0 unspecified atom stereocenters. The Morgan fingerprint density at radius 3 is 2.61 bits per heavy atom. The van der Waals surface area contributed by atoms with Crippen molar-refractivity contribution < 1.29 is 9.53 Å². The first-order chi connectivity index (χ1) is 15.0. The summed E-state index contributed by atoms with van der Waals surface area (Å²) in [5, 5.41) is 12.3. The van der Waals surface area contributed by atoms with Crippen molar-refractivity contribution in [3.63, 3.8) is 0 Å². The number of nitrogens with zero attached hydrogens (tertiary/aromatic N) is 4. The van der Waals surface area contributed by atoms with Crippen molar-refractivity contribution >= 4 is 23.4 Å². The van der Waals surface area contributed by atoms with Crippen LogP contribution >= 0.6 is 11.8 Å². The molecule has 2 aromatic heterocycles. The quantitative estimate of drug-likeness (QED) is 0.437. The minimum Gasteiger partial charge on any atom is -0.497 e. The maximum Gasteiger partial charge on any atom is 0.240 e. The Labute approximate surface area is 185 Å². The molecule has 31 heavy (non-hydrogen) atoms. The highest BCUT2D eigenvalue weighted by atomic mass is 32.2. The number of ether oxygens (including phenoxy) is 1. The average Bonchev–Trinajstić information content (AvgIpc) is 3.44. The summed E-state index contributed by atoms with van der Waals surface area (Å²) in [5.74, 6) is 1.48. The SMILES string of the molecule is COc1cccc(-n2c(SCC(=O)Nc3ccc(C)cc3C)nnc2-n2cccc2)c1. The molecule has 8 heteroatoms. The van der Waals surface area contributed by atoms with Crippen LogP contribution in [0.4, 0.5) is 5.69 Å². The smallest absolute Gasteiger partial charge is 0.240 e. The second-order valence-electron chi connectivity index (χ2n) is 7.07. The summed E-state index contributed by atoms with van der Waals surface area (Å²) < 4.78 is 9.17. The normalized spacial score (nSPS) is 10.8. The lowest BCUT2D eigenvalue weighted by molar-refractivity contribution is -0.113. The monoisotopic (exact) mass is 433 g/mol. The summed E-state index contributed by atoms with van der Waals surface area (Å²) in [6.07, 6.45) is 3.81. The van der Waals surface area contributed by atoms with E-state index < -0.39 is 0 Å². The molecule has 2 heterocycles. The number of hydrogen-bond acceptors (Lipinski definition) is 5. The predicted octanol–water partition coefficient (Wildman–Crippen LogP) is 4.41. The lowest BCUT2D eigenvalue weighted by atomic mass is 10.1. The number of hydrogen-bond donors (Lipinski definition) is 1. The highest BCUT2D eigenvalue weighted by Crippen LogP contribution is 2.26. The van der Waals surface area contributed by atoms with Crippen molar-refractivity contribution in [1.29, 1.82) is 0 Å². The molecule has 0 bridgehead atoms. The van der Waals surface area contributed by atoms with Gasteiger partial charge in [0.15, 0.2) is 5.16 Å². The molecule has 7 nitrogen and oxygen atoms in total. The van der Waals surface area contributed by atoms with Crippen LogP contribution in [0.5, 0.6) is 5.75 Å². The maximum absolute atomic E-state index is 12.6. The highest BCUT2D eigenvalue weighted by Gasteiger charge is 2.17. The van der Waals surface area contributed by atoms with Crippen molar-refractivity contribution in [3.8, 4) is 17.4 Å². The molecule has 2 aromatic carbocycles. The largest absolute Gasteiger partial charge is 0.497 e. The van der Waals surface area contributed by atoms with Gasteiger partial charge in [0.1, 0.15) is 5.75 Å². The zero-order valence-corrected chi connectivity index (χ0v) is 18.4. The van der Waals surface area contributed by atoms with Crippen LogP contribution < -0.4 is 10.1 Å². The zero-order chi connectivity index (χ0) is 21.8. The third-order valence-electron chi connectivity index (χ3n) is 4.75. The summed E-state index contributed by atoms with van der Waals surface area (Å²) in [6, 6.07) is 17.5. The van der Waals surface area contributed by atoms with Crippen LogP contribution in [0.25, 0.3) is 11.6 Å². The molecule has 158 valence electrons. The van der Waals surface area contributed by atoms with E-state index in [2.05, 4.69) is 15.5 Å². The number of amides is 1. The fourth-order valence-electron chi connectivity index (χ4n) is 3.24. The van der Waals surface area contributed by atoms with Gasteiger partial charge in [0.25, 0.3) is 0 Å². The first-order valence-corrected chi connectivity index (χ1v) is 10.8.